The van der Waals surface area contributed by atoms with Crippen molar-refractivity contribution < 1.29 is 9.90 Å². The minimum atomic E-state index is -0.936. The second kappa shape index (κ2) is 8.65. The number of carboxylic acid groups (broad SMARTS) is 1. The molecule has 1 aromatic rings. The van der Waals surface area contributed by atoms with E-state index in [-0.39, 0.29) is 5.57 Å². The van der Waals surface area contributed by atoms with Crippen LogP contribution in [-0.4, -0.2) is 11.1 Å². The Hall–Kier alpha value is -1.48. The predicted molar refractivity (Wildman–Crippen MR) is 70.8 cm³/mol. The van der Waals surface area contributed by atoms with E-state index in [0.29, 0.717) is 18.0 Å². The van der Waals surface area contributed by atoms with E-state index in [1.54, 1.807) is 0 Å². The highest BCUT2D eigenvalue weighted by molar-refractivity contribution is 6.17. The largest absolute Gasteiger partial charge is 0.478 e. The number of nitrogens with two attached hydrogens (primary N) is 1. The lowest BCUT2D eigenvalue weighted by atomic mass is 10.2. The van der Waals surface area contributed by atoms with Crippen molar-refractivity contribution in [2.75, 3.05) is 0 Å². The first kappa shape index (κ1) is 15.5. The van der Waals surface area contributed by atoms with Crippen LogP contribution in [0, 0.1) is 0 Å². The third-order valence-electron chi connectivity index (χ3n) is 2.18. The van der Waals surface area contributed by atoms with E-state index in [9.17, 15) is 4.79 Å². The van der Waals surface area contributed by atoms with Crippen LogP contribution in [0.3, 0.4) is 0 Å². The molecule has 0 heterocycles. The fourth-order valence-electron chi connectivity index (χ4n) is 0.970. The van der Waals surface area contributed by atoms with Gasteiger partial charge in [0, 0.05) is 11.6 Å². The number of hydrogen-bond donors (Lipinski definition) is 2. The van der Waals surface area contributed by atoms with Crippen LogP contribution in [0.2, 0.25) is 0 Å². The lowest BCUT2D eigenvalue weighted by molar-refractivity contribution is -0.132. The van der Waals surface area contributed by atoms with Crippen LogP contribution in [0.5, 0.6) is 0 Å². The Labute approximate surface area is 107 Å². The molecule has 0 aliphatic rings. The summed E-state index contributed by atoms with van der Waals surface area (Å²) in [7, 11) is 0. The minimum absolute atomic E-state index is 0.248. The molecular formula is C13H18ClNO2. The summed E-state index contributed by atoms with van der Waals surface area (Å²) in [5.74, 6) is -0.324. The molecule has 1 aromatic carbocycles. The van der Waals surface area contributed by atoms with Gasteiger partial charge in [0.25, 0.3) is 0 Å². The lowest BCUT2D eigenvalue weighted by Gasteiger charge is -1.97. The Balaban J connectivity index is 0.000000302. The van der Waals surface area contributed by atoms with Gasteiger partial charge in [-0.05, 0) is 18.9 Å². The molecule has 3 nitrogen and oxygen atoms in total. The number of allylic oxidation sites excluding steroid dienone is 1. The van der Waals surface area contributed by atoms with Crippen molar-refractivity contribution in [2.45, 2.75) is 26.1 Å². The monoisotopic (exact) mass is 255 g/mol. The molecule has 0 spiro atoms. The number of carboxylic acids is 1. The molecule has 0 saturated heterocycles. The van der Waals surface area contributed by atoms with E-state index in [0.717, 1.165) is 0 Å². The summed E-state index contributed by atoms with van der Waals surface area (Å²) in [6, 6.07) is 9.96. The molecule has 0 aromatic heterocycles. The summed E-state index contributed by atoms with van der Waals surface area (Å²) in [5.41, 5.74) is 7.19. The molecule has 0 aliphatic heterocycles. The highest BCUT2D eigenvalue weighted by Crippen LogP contribution is 2.01. The van der Waals surface area contributed by atoms with Gasteiger partial charge in [-0.25, -0.2) is 4.79 Å². The van der Waals surface area contributed by atoms with Gasteiger partial charge in [0.05, 0.1) is 5.57 Å². The second-order valence-electron chi connectivity index (χ2n) is 3.43. The smallest absolute Gasteiger partial charge is 0.333 e. The fraction of sp³-hybridized carbons (Fsp3) is 0.308. The number of rotatable bonds is 3. The number of hydrogen-bond acceptors (Lipinski definition) is 2. The number of halogens is 1. The topological polar surface area (TPSA) is 63.3 Å². The molecule has 94 valence electrons. The molecule has 0 atom stereocenters. The average Bonchev–Trinajstić information content (AvgIpc) is 2.38. The Bertz CT molecular complexity index is 374. The maximum atomic E-state index is 10.2. The number of carbonyl (C=O) groups is 1. The third-order valence-corrected chi connectivity index (χ3v) is 2.49. The third kappa shape index (κ3) is 6.64. The van der Waals surface area contributed by atoms with E-state index in [4.69, 9.17) is 22.4 Å². The van der Waals surface area contributed by atoms with Crippen molar-refractivity contribution in [3.8, 4) is 0 Å². The second-order valence-corrected chi connectivity index (χ2v) is 3.70. The van der Waals surface area contributed by atoms with E-state index < -0.39 is 5.97 Å². The molecule has 0 radical (unpaired) electrons. The molecule has 1 rings (SSSR count). The first-order valence-corrected chi connectivity index (χ1v) is 5.84. The van der Waals surface area contributed by atoms with Crippen LogP contribution in [-0.2, 0) is 10.7 Å². The molecule has 4 heteroatoms. The summed E-state index contributed by atoms with van der Waals surface area (Å²) in [5, 5.41) is 8.35. The fourth-order valence-corrected chi connectivity index (χ4v) is 1.15. The zero-order chi connectivity index (χ0) is 13.3. The van der Waals surface area contributed by atoms with Gasteiger partial charge in [-0.3, -0.25) is 0 Å². The number of aliphatic carboxylic acids is 1. The van der Waals surface area contributed by atoms with Crippen molar-refractivity contribution in [3.63, 3.8) is 0 Å². The van der Waals surface area contributed by atoms with Gasteiger partial charge < -0.3 is 10.8 Å². The summed E-state index contributed by atoms with van der Waals surface area (Å²) in [6.07, 6.45) is 0.595. The van der Waals surface area contributed by atoms with E-state index in [1.807, 2.05) is 37.3 Å². The molecular weight excluding hydrogens is 238 g/mol. The van der Waals surface area contributed by atoms with Crippen molar-refractivity contribution in [1.82, 2.24) is 0 Å². The highest BCUT2D eigenvalue weighted by atomic mass is 35.5. The Morgan fingerprint density at radius 2 is 1.88 bits per heavy atom. The molecule has 0 saturated carbocycles. The maximum Gasteiger partial charge on any atom is 0.333 e. The van der Waals surface area contributed by atoms with Crippen molar-refractivity contribution in [1.29, 1.82) is 0 Å². The lowest BCUT2D eigenvalue weighted by Crippen LogP contribution is -2.06. The number of alkyl halides is 1. The molecule has 0 bridgehead atoms. The Morgan fingerprint density at radius 3 is 2.12 bits per heavy atom. The summed E-state index contributed by atoms with van der Waals surface area (Å²) in [6.45, 7) is 3.32. The normalized spacial score (nSPS) is 11.0. The van der Waals surface area contributed by atoms with Crippen molar-refractivity contribution in [3.05, 3.63) is 47.2 Å². The first-order valence-electron chi connectivity index (χ1n) is 5.31. The summed E-state index contributed by atoms with van der Waals surface area (Å²) in [4.78, 5) is 10.2. The summed E-state index contributed by atoms with van der Waals surface area (Å²) < 4.78 is 0. The standard InChI is InChI=1S/C7H7Cl.C6H11NO2/c8-6-7-4-2-1-3-5-7;1-3-5(7)4(2)6(8)9/h1-5H,6H2;3,7H2,1-2H3,(H,8,9)/b;5-4+. The van der Waals surface area contributed by atoms with Gasteiger partial charge in [0.2, 0.25) is 0 Å². The van der Waals surface area contributed by atoms with Gasteiger partial charge in [-0.1, -0.05) is 37.3 Å². The van der Waals surface area contributed by atoms with E-state index in [1.165, 1.54) is 12.5 Å². The van der Waals surface area contributed by atoms with Crippen LogP contribution in [0.4, 0.5) is 0 Å². The number of benzene rings is 1. The Morgan fingerprint density at radius 1 is 1.35 bits per heavy atom. The van der Waals surface area contributed by atoms with Gasteiger partial charge in [0.1, 0.15) is 0 Å². The van der Waals surface area contributed by atoms with E-state index in [2.05, 4.69) is 0 Å². The van der Waals surface area contributed by atoms with Crippen LogP contribution >= 0.6 is 11.6 Å². The van der Waals surface area contributed by atoms with Gasteiger partial charge in [0.15, 0.2) is 0 Å². The average molecular weight is 256 g/mol. The van der Waals surface area contributed by atoms with Crippen LogP contribution < -0.4 is 5.73 Å². The van der Waals surface area contributed by atoms with Gasteiger partial charge >= 0.3 is 5.97 Å². The van der Waals surface area contributed by atoms with Gasteiger partial charge in [-0.15, -0.1) is 11.6 Å². The molecule has 3 N–H and O–H groups in total. The van der Waals surface area contributed by atoms with Crippen LogP contribution in [0.15, 0.2) is 41.6 Å². The van der Waals surface area contributed by atoms with Gasteiger partial charge in [-0.2, -0.15) is 0 Å². The zero-order valence-electron chi connectivity index (χ0n) is 10.1. The van der Waals surface area contributed by atoms with Crippen molar-refractivity contribution >= 4 is 17.6 Å². The Kier molecular flexibility index (Phi) is 7.89. The minimum Gasteiger partial charge on any atom is -0.478 e. The SMILES string of the molecule is CC/C(N)=C(/C)C(=O)O.ClCc1ccccc1. The highest BCUT2D eigenvalue weighted by Gasteiger charge is 2.02. The quantitative estimate of drug-likeness (QED) is 0.644. The first-order chi connectivity index (χ1) is 8.02. The maximum absolute atomic E-state index is 10.2. The molecule has 0 unspecified atom stereocenters. The zero-order valence-corrected chi connectivity index (χ0v) is 10.9. The molecule has 17 heavy (non-hydrogen) atoms. The summed E-state index contributed by atoms with van der Waals surface area (Å²) >= 11 is 5.53. The van der Waals surface area contributed by atoms with Crippen molar-refractivity contribution in [2.24, 2.45) is 5.73 Å². The van der Waals surface area contributed by atoms with Crippen LogP contribution in [0.1, 0.15) is 25.8 Å². The molecule has 0 fully saturated rings. The van der Waals surface area contributed by atoms with Crippen LogP contribution in [0.25, 0.3) is 0 Å². The molecule has 0 amide bonds. The van der Waals surface area contributed by atoms with E-state index >= 15 is 0 Å². The molecule has 0 aliphatic carbocycles. The predicted octanol–water partition coefficient (Wildman–Crippen LogP) is 3.14.